The first-order valence-electron chi connectivity index (χ1n) is 4.91. The highest BCUT2D eigenvalue weighted by molar-refractivity contribution is 7.99. The van der Waals surface area contributed by atoms with E-state index in [0.717, 1.165) is 31.7 Å². The third kappa shape index (κ3) is 3.85. The molecular formula is C9H20N2OS. The maximum Gasteiger partial charge on any atom is 0.0762 e. The molecule has 78 valence electrons. The summed E-state index contributed by atoms with van der Waals surface area (Å²) in [6.07, 6.45) is 1.74. The lowest BCUT2D eigenvalue weighted by Crippen LogP contribution is -2.44. The van der Waals surface area contributed by atoms with E-state index in [1.54, 1.807) is 11.8 Å². The highest BCUT2D eigenvalue weighted by Gasteiger charge is 2.29. The van der Waals surface area contributed by atoms with Gasteiger partial charge in [0, 0.05) is 17.5 Å². The van der Waals surface area contributed by atoms with Gasteiger partial charge in [-0.3, -0.25) is 0 Å². The zero-order valence-electron chi connectivity index (χ0n) is 8.25. The van der Waals surface area contributed by atoms with E-state index in [4.69, 9.17) is 5.73 Å². The summed E-state index contributed by atoms with van der Waals surface area (Å²) in [5, 5.41) is 13.8. The molecule has 0 aromatic rings. The molecule has 0 amide bonds. The Bertz CT molecular complexity index is 149. The molecule has 3 nitrogen and oxygen atoms in total. The fraction of sp³-hybridized carbons (Fsp3) is 1.00. The number of piperidine rings is 1. The maximum absolute atomic E-state index is 10.1. The highest BCUT2D eigenvalue weighted by atomic mass is 32.2. The van der Waals surface area contributed by atoms with Gasteiger partial charge in [0.2, 0.25) is 0 Å². The van der Waals surface area contributed by atoms with Gasteiger partial charge in [-0.25, -0.2) is 0 Å². The number of thioether (sulfide) groups is 1. The third-order valence-electron chi connectivity index (χ3n) is 2.50. The summed E-state index contributed by atoms with van der Waals surface area (Å²) in [6, 6.07) is 0. The molecule has 0 aromatic heterocycles. The van der Waals surface area contributed by atoms with Gasteiger partial charge >= 0.3 is 0 Å². The molecule has 4 heteroatoms. The molecule has 0 aliphatic carbocycles. The maximum atomic E-state index is 10.1. The van der Waals surface area contributed by atoms with Gasteiger partial charge in [0.25, 0.3) is 0 Å². The fourth-order valence-electron chi connectivity index (χ4n) is 1.40. The molecule has 0 bridgehead atoms. The Morgan fingerprint density at radius 1 is 1.54 bits per heavy atom. The van der Waals surface area contributed by atoms with Crippen molar-refractivity contribution in [1.29, 1.82) is 0 Å². The summed E-state index contributed by atoms with van der Waals surface area (Å²) >= 11 is 1.78. The lowest BCUT2D eigenvalue weighted by Gasteiger charge is -2.32. The van der Waals surface area contributed by atoms with Crippen LogP contribution in [0.3, 0.4) is 0 Å². The molecule has 1 saturated heterocycles. The van der Waals surface area contributed by atoms with E-state index in [0.29, 0.717) is 11.8 Å². The Labute approximate surface area is 84.5 Å². The van der Waals surface area contributed by atoms with Gasteiger partial charge in [0.1, 0.15) is 0 Å². The Kier molecular flexibility index (Phi) is 4.52. The summed E-state index contributed by atoms with van der Waals surface area (Å²) < 4.78 is 0. The molecule has 0 spiro atoms. The first kappa shape index (κ1) is 11.3. The molecule has 1 heterocycles. The Balaban J connectivity index is 2.24. The Hall–Kier alpha value is 0.230. The van der Waals surface area contributed by atoms with Gasteiger partial charge in [-0.1, -0.05) is 6.92 Å². The van der Waals surface area contributed by atoms with Crippen LogP contribution in [0.25, 0.3) is 0 Å². The molecule has 0 saturated carbocycles. The zero-order valence-corrected chi connectivity index (χ0v) is 9.07. The molecule has 0 radical (unpaired) electrons. The second-order valence-electron chi connectivity index (χ2n) is 3.83. The van der Waals surface area contributed by atoms with Gasteiger partial charge < -0.3 is 16.2 Å². The fourth-order valence-corrected chi connectivity index (χ4v) is 2.42. The van der Waals surface area contributed by atoms with Crippen molar-refractivity contribution in [2.24, 2.45) is 5.73 Å². The van der Waals surface area contributed by atoms with E-state index >= 15 is 0 Å². The van der Waals surface area contributed by atoms with Crippen molar-refractivity contribution in [1.82, 2.24) is 5.32 Å². The lowest BCUT2D eigenvalue weighted by molar-refractivity contribution is 0.0338. The summed E-state index contributed by atoms with van der Waals surface area (Å²) in [6.45, 7) is 4.68. The van der Waals surface area contributed by atoms with Crippen molar-refractivity contribution < 1.29 is 5.11 Å². The number of hydrogen-bond donors (Lipinski definition) is 3. The van der Waals surface area contributed by atoms with Gasteiger partial charge in [-0.15, -0.1) is 0 Å². The van der Waals surface area contributed by atoms with Gasteiger partial charge in [0.15, 0.2) is 0 Å². The molecule has 1 aliphatic heterocycles. The SMILES string of the molecule is CC(CN)SCC1(O)CCNCC1. The van der Waals surface area contributed by atoms with Crippen LogP contribution in [0.15, 0.2) is 0 Å². The largest absolute Gasteiger partial charge is 0.389 e. The molecule has 1 unspecified atom stereocenters. The lowest BCUT2D eigenvalue weighted by atomic mass is 9.95. The second-order valence-corrected chi connectivity index (χ2v) is 5.26. The molecule has 0 aromatic carbocycles. The monoisotopic (exact) mass is 204 g/mol. The van der Waals surface area contributed by atoms with Crippen molar-refractivity contribution in [3.8, 4) is 0 Å². The predicted octanol–water partition coefficient (Wildman–Crippen LogP) is 0.181. The van der Waals surface area contributed by atoms with E-state index in [1.165, 1.54) is 0 Å². The number of hydrogen-bond acceptors (Lipinski definition) is 4. The van der Waals surface area contributed by atoms with Crippen molar-refractivity contribution in [3.63, 3.8) is 0 Å². The average Bonchev–Trinajstić information content (AvgIpc) is 2.15. The zero-order chi connectivity index (χ0) is 9.73. The summed E-state index contributed by atoms with van der Waals surface area (Å²) in [5.74, 6) is 0.826. The highest BCUT2D eigenvalue weighted by Crippen LogP contribution is 2.24. The van der Waals surface area contributed by atoms with Crippen LogP contribution in [-0.4, -0.2) is 41.3 Å². The van der Waals surface area contributed by atoms with Crippen molar-refractivity contribution in [3.05, 3.63) is 0 Å². The van der Waals surface area contributed by atoms with E-state index in [9.17, 15) is 5.11 Å². The topological polar surface area (TPSA) is 58.3 Å². The minimum absolute atomic E-state index is 0.445. The van der Waals surface area contributed by atoms with E-state index in [2.05, 4.69) is 12.2 Å². The van der Waals surface area contributed by atoms with Crippen LogP contribution in [-0.2, 0) is 0 Å². The van der Waals surface area contributed by atoms with Crippen molar-refractivity contribution >= 4 is 11.8 Å². The number of nitrogens with two attached hydrogens (primary N) is 1. The average molecular weight is 204 g/mol. The summed E-state index contributed by atoms with van der Waals surface area (Å²) in [4.78, 5) is 0. The van der Waals surface area contributed by atoms with Crippen LogP contribution < -0.4 is 11.1 Å². The van der Waals surface area contributed by atoms with Crippen molar-refractivity contribution in [2.45, 2.75) is 30.6 Å². The van der Waals surface area contributed by atoms with Gasteiger partial charge in [0.05, 0.1) is 5.60 Å². The minimum atomic E-state index is -0.445. The molecule has 1 fully saturated rings. The second kappa shape index (κ2) is 5.20. The van der Waals surface area contributed by atoms with E-state index in [1.807, 2.05) is 0 Å². The Morgan fingerprint density at radius 3 is 2.69 bits per heavy atom. The van der Waals surface area contributed by atoms with Crippen molar-refractivity contribution in [2.75, 3.05) is 25.4 Å². The normalized spacial score (nSPS) is 24.2. The van der Waals surface area contributed by atoms with Gasteiger partial charge in [-0.05, 0) is 25.9 Å². The first-order chi connectivity index (χ1) is 6.16. The number of nitrogens with one attached hydrogen (secondary N) is 1. The quantitative estimate of drug-likeness (QED) is 0.611. The van der Waals surface area contributed by atoms with Crippen LogP contribution >= 0.6 is 11.8 Å². The first-order valence-corrected chi connectivity index (χ1v) is 5.96. The number of rotatable bonds is 4. The molecule has 1 rings (SSSR count). The van der Waals surface area contributed by atoms with E-state index in [-0.39, 0.29) is 0 Å². The molecule has 13 heavy (non-hydrogen) atoms. The van der Waals surface area contributed by atoms with Crippen LogP contribution in [0.4, 0.5) is 0 Å². The minimum Gasteiger partial charge on any atom is -0.389 e. The third-order valence-corrected chi connectivity index (χ3v) is 3.97. The van der Waals surface area contributed by atoms with Crippen LogP contribution in [0, 0.1) is 0 Å². The smallest absolute Gasteiger partial charge is 0.0762 e. The van der Waals surface area contributed by atoms with Crippen LogP contribution in [0.1, 0.15) is 19.8 Å². The van der Waals surface area contributed by atoms with Crippen LogP contribution in [0.5, 0.6) is 0 Å². The molecule has 1 atom stereocenters. The van der Waals surface area contributed by atoms with Crippen LogP contribution in [0.2, 0.25) is 0 Å². The molecular weight excluding hydrogens is 184 g/mol. The summed E-state index contributed by atoms with van der Waals surface area (Å²) in [5.41, 5.74) is 5.07. The predicted molar refractivity (Wildman–Crippen MR) is 58.0 cm³/mol. The molecule has 1 aliphatic rings. The summed E-state index contributed by atoms with van der Waals surface area (Å²) in [7, 11) is 0. The number of aliphatic hydroxyl groups is 1. The molecule has 4 N–H and O–H groups in total. The Morgan fingerprint density at radius 2 is 2.15 bits per heavy atom. The standard InChI is InChI=1S/C9H20N2OS/c1-8(6-10)13-7-9(12)2-4-11-5-3-9/h8,11-12H,2-7,10H2,1H3. The van der Waals surface area contributed by atoms with E-state index < -0.39 is 5.60 Å². The van der Waals surface area contributed by atoms with Gasteiger partial charge in [-0.2, -0.15) is 11.8 Å².